The number of carboxylic acids is 1. The van der Waals surface area contributed by atoms with Crippen molar-refractivity contribution >= 4 is 16.9 Å². The Morgan fingerprint density at radius 3 is 2.43 bits per heavy atom. The number of nitrogens with one attached hydrogen (secondary N) is 1. The molecule has 0 atom stereocenters. The maximum absolute atomic E-state index is 10.4. The Morgan fingerprint density at radius 2 is 1.67 bits per heavy atom. The first-order valence-corrected chi connectivity index (χ1v) is 8.03. The van der Waals surface area contributed by atoms with Crippen molar-refractivity contribution in [1.82, 2.24) is 4.98 Å². The Morgan fingerprint density at radius 1 is 0.952 bits per heavy atom. The van der Waals surface area contributed by atoms with E-state index >= 15 is 0 Å². The molecule has 1 aromatic carbocycles. The maximum Gasteiger partial charge on any atom is 0.303 e. The number of hydrogen-bond donors (Lipinski definition) is 2. The minimum absolute atomic E-state index is 0.321. The summed E-state index contributed by atoms with van der Waals surface area (Å²) in [7, 11) is 0. The smallest absolute Gasteiger partial charge is 0.303 e. The Balaban J connectivity index is 1.52. The molecule has 0 aliphatic heterocycles. The van der Waals surface area contributed by atoms with Crippen LogP contribution in [0.4, 0.5) is 0 Å². The zero-order valence-electron chi connectivity index (χ0n) is 12.6. The van der Waals surface area contributed by atoms with Gasteiger partial charge in [0.05, 0.1) is 0 Å². The van der Waals surface area contributed by atoms with E-state index in [9.17, 15) is 4.79 Å². The van der Waals surface area contributed by atoms with Gasteiger partial charge < -0.3 is 10.1 Å². The van der Waals surface area contributed by atoms with Crippen molar-refractivity contribution in [2.45, 2.75) is 57.8 Å². The fourth-order valence-electron chi connectivity index (χ4n) is 2.75. The predicted octanol–water partition coefficient (Wildman–Crippen LogP) is 4.92. The summed E-state index contributed by atoms with van der Waals surface area (Å²) in [5.74, 6) is -0.672. The van der Waals surface area contributed by atoms with Crippen LogP contribution in [-0.4, -0.2) is 16.1 Å². The molecule has 0 aliphatic carbocycles. The third-order valence-corrected chi connectivity index (χ3v) is 3.97. The minimum atomic E-state index is -0.672. The van der Waals surface area contributed by atoms with Gasteiger partial charge in [0.1, 0.15) is 0 Å². The zero-order chi connectivity index (χ0) is 14.9. The van der Waals surface area contributed by atoms with E-state index in [4.69, 9.17) is 5.11 Å². The van der Waals surface area contributed by atoms with Crippen LogP contribution in [0.1, 0.15) is 56.9 Å². The lowest BCUT2D eigenvalue weighted by atomic mass is 10.0. The van der Waals surface area contributed by atoms with Gasteiger partial charge in [0.25, 0.3) is 0 Å². The van der Waals surface area contributed by atoms with Crippen LogP contribution in [0.3, 0.4) is 0 Å². The molecule has 1 heterocycles. The lowest BCUT2D eigenvalue weighted by molar-refractivity contribution is -0.137. The highest BCUT2D eigenvalue weighted by atomic mass is 16.4. The summed E-state index contributed by atoms with van der Waals surface area (Å²) in [5.41, 5.74) is 2.63. The summed E-state index contributed by atoms with van der Waals surface area (Å²) in [5, 5.41) is 9.84. The van der Waals surface area contributed by atoms with Crippen LogP contribution < -0.4 is 0 Å². The molecule has 21 heavy (non-hydrogen) atoms. The number of carbonyl (C=O) groups is 1. The van der Waals surface area contributed by atoms with Crippen molar-refractivity contribution in [3.63, 3.8) is 0 Å². The van der Waals surface area contributed by atoms with Crippen molar-refractivity contribution in [3.05, 3.63) is 36.0 Å². The van der Waals surface area contributed by atoms with Crippen molar-refractivity contribution in [3.8, 4) is 0 Å². The van der Waals surface area contributed by atoms with Crippen LogP contribution >= 0.6 is 0 Å². The number of aryl methyl sites for hydroxylation is 1. The molecule has 1 aromatic heterocycles. The molecule has 2 aromatic rings. The van der Waals surface area contributed by atoms with Gasteiger partial charge in [-0.15, -0.1) is 0 Å². The van der Waals surface area contributed by atoms with Crippen molar-refractivity contribution in [1.29, 1.82) is 0 Å². The number of rotatable bonds is 10. The van der Waals surface area contributed by atoms with Crippen LogP contribution in [-0.2, 0) is 11.2 Å². The van der Waals surface area contributed by atoms with Gasteiger partial charge in [-0.25, -0.2) is 0 Å². The van der Waals surface area contributed by atoms with Crippen LogP contribution in [0.5, 0.6) is 0 Å². The van der Waals surface area contributed by atoms with E-state index < -0.39 is 5.97 Å². The second-order valence-electron chi connectivity index (χ2n) is 5.77. The van der Waals surface area contributed by atoms with Gasteiger partial charge in [0, 0.05) is 18.1 Å². The highest BCUT2D eigenvalue weighted by molar-refractivity contribution is 5.79. The molecule has 114 valence electrons. The number of carboxylic acid groups (broad SMARTS) is 1. The Bertz CT molecular complexity index is 559. The normalized spacial score (nSPS) is 11.0. The molecule has 0 aliphatic rings. The Labute approximate surface area is 126 Å². The molecule has 0 unspecified atom stereocenters. The third kappa shape index (κ3) is 5.62. The topological polar surface area (TPSA) is 53.1 Å². The molecule has 3 nitrogen and oxygen atoms in total. The SMILES string of the molecule is O=C(O)CCCCCCCCCc1ccc2[nH]ccc2c1. The Kier molecular flexibility index (Phi) is 6.32. The summed E-state index contributed by atoms with van der Waals surface area (Å²) < 4.78 is 0. The first kappa shape index (κ1) is 15.6. The first-order chi connectivity index (χ1) is 10.3. The fourth-order valence-corrected chi connectivity index (χ4v) is 2.75. The highest BCUT2D eigenvalue weighted by Crippen LogP contribution is 2.17. The molecular formula is C18H25NO2. The van der Waals surface area contributed by atoms with Gasteiger partial charge in [-0.05, 0) is 48.4 Å². The number of aromatic amines is 1. The second kappa shape index (κ2) is 8.50. The van der Waals surface area contributed by atoms with Crippen LogP contribution in [0.25, 0.3) is 10.9 Å². The molecular weight excluding hydrogens is 262 g/mol. The van der Waals surface area contributed by atoms with Gasteiger partial charge in [-0.1, -0.05) is 38.2 Å². The molecule has 0 spiro atoms. The minimum Gasteiger partial charge on any atom is -0.481 e. The summed E-state index contributed by atoms with van der Waals surface area (Å²) in [6.45, 7) is 0. The number of fused-ring (bicyclic) bond motifs is 1. The van der Waals surface area contributed by atoms with E-state index in [0.717, 1.165) is 19.3 Å². The monoisotopic (exact) mass is 287 g/mol. The van der Waals surface area contributed by atoms with Gasteiger partial charge >= 0.3 is 5.97 Å². The molecule has 0 saturated carbocycles. The number of aromatic nitrogens is 1. The molecule has 2 rings (SSSR count). The molecule has 0 radical (unpaired) electrons. The van der Waals surface area contributed by atoms with E-state index in [1.54, 1.807) is 0 Å². The third-order valence-electron chi connectivity index (χ3n) is 3.97. The molecule has 0 amide bonds. The second-order valence-corrected chi connectivity index (χ2v) is 5.77. The highest BCUT2D eigenvalue weighted by Gasteiger charge is 1.99. The molecule has 3 heteroatoms. The van der Waals surface area contributed by atoms with E-state index in [1.807, 2.05) is 6.20 Å². The summed E-state index contributed by atoms with van der Waals surface area (Å²) in [4.78, 5) is 13.6. The summed E-state index contributed by atoms with van der Waals surface area (Å²) in [6.07, 6.45) is 11.5. The van der Waals surface area contributed by atoms with Gasteiger partial charge in [0.2, 0.25) is 0 Å². The predicted molar refractivity (Wildman–Crippen MR) is 86.6 cm³/mol. The molecule has 0 bridgehead atoms. The average Bonchev–Trinajstić information content (AvgIpc) is 2.92. The maximum atomic E-state index is 10.4. The van der Waals surface area contributed by atoms with Crippen LogP contribution in [0.2, 0.25) is 0 Å². The zero-order valence-corrected chi connectivity index (χ0v) is 12.6. The lowest BCUT2D eigenvalue weighted by Crippen LogP contribution is -1.93. The number of benzene rings is 1. The number of unbranched alkanes of at least 4 members (excludes halogenated alkanes) is 6. The van der Waals surface area contributed by atoms with E-state index in [0.29, 0.717) is 6.42 Å². The number of H-pyrrole nitrogens is 1. The van der Waals surface area contributed by atoms with Crippen LogP contribution in [0.15, 0.2) is 30.5 Å². The number of hydrogen-bond acceptors (Lipinski definition) is 1. The number of aliphatic carboxylic acids is 1. The van der Waals surface area contributed by atoms with Crippen molar-refractivity contribution < 1.29 is 9.90 Å². The first-order valence-electron chi connectivity index (χ1n) is 8.03. The summed E-state index contributed by atoms with van der Waals surface area (Å²) in [6, 6.07) is 8.77. The van der Waals surface area contributed by atoms with Gasteiger partial charge in [-0.3, -0.25) is 4.79 Å². The largest absolute Gasteiger partial charge is 0.481 e. The van der Waals surface area contributed by atoms with Gasteiger partial charge in [0.15, 0.2) is 0 Å². The van der Waals surface area contributed by atoms with Crippen molar-refractivity contribution in [2.75, 3.05) is 0 Å². The lowest BCUT2D eigenvalue weighted by Gasteiger charge is -2.03. The van der Waals surface area contributed by atoms with Gasteiger partial charge in [-0.2, -0.15) is 0 Å². The van der Waals surface area contributed by atoms with E-state index in [-0.39, 0.29) is 0 Å². The van der Waals surface area contributed by atoms with Crippen LogP contribution in [0, 0.1) is 0 Å². The Hall–Kier alpha value is -1.77. The quantitative estimate of drug-likeness (QED) is 0.610. The van der Waals surface area contributed by atoms with E-state index in [1.165, 1.54) is 48.6 Å². The average molecular weight is 287 g/mol. The summed E-state index contributed by atoms with van der Waals surface area (Å²) >= 11 is 0. The van der Waals surface area contributed by atoms with E-state index in [2.05, 4.69) is 29.2 Å². The molecule has 0 fully saturated rings. The molecule has 0 saturated heterocycles. The molecule has 2 N–H and O–H groups in total. The standard InChI is InChI=1S/C18H25NO2/c20-18(21)9-7-5-3-1-2-4-6-8-15-10-11-17-16(14-15)12-13-19-17/h10-14,19H,1-9H2,(H,20,21). The van der Waals surface area contributed by atoms with Crippen molar-refractivity contribution in [2.24, 2.45) is 0 Å². The fraction of sp³-hybridized carbons (Fsp3) is 0.500.